The zero-order valence-corrected chi connectivity index (χ0v) is 32.0. The first kappa shape index (κ1) is 39.3. The van der Waals surface area contributed by atoms with Gasteiger partial charge in [0.1, 0.15) is 0 Å². The summed E-state index contributed by atoms with van der Waals surface area (Å²) < 4.78 is 0. The molecule has 6 rings (SSSR count). The summed E-state index contributed by atoms with van der Waals surface area (Å²) in [6.45, 7) is 5.70. The van der Waals surface area contributed by atoms with Gasteiger partial charge in [-0.25, -0.2) is 4.98 Å². The van der Waals surface area contributed by atoms with Gasteiger partial charge in [0.15, 0.2) is 0 Å². The fourth-order valence-corrected chi connectivity index (χ4v) is 8.13. The second-order valence-corrected chi connectivity index (χ2v) is 16.3. The Kier molecular flexibility index (Phi) is 13.7. The molecule has 0 spiro atoms. The molecule has 0 saturated heterocycles. The van der Waals surface area contributed by atoms with Crippen LogP contribution in [-0.2, 0) is 23.2 Å². The van der Waals surface area contributed by atoms with Gasteiger partial charge < -0.3 is 15.9 Å². The molecule has 0 radical (unpaired) electrons. The van der Waals surface area contributed by atoms with Crippen molar-refractivity contribution >= 4 is 52.4 Å². The van der Waals surface area contributed by atoms with Gasteiger partial charge in [0.05, 0.1) is 23.2 Å². The van der Waals surface area contributed by atoms with Crippen molar-refractivity contribution in [2.45, 2.75) is 82.6 Å². The van der Waals surface area contributed by atoms with E-state index in [0.29, 0.717) is 11.1 Å². The third-order valence-corrected chi connectivity index (χ3v) is 11.5. The van der Waals surface area contributed by atoms with Crippen LogP contribution in [0, 0.1) is 5.41 Å². The Morgan fingerprint density at radius 2 is 1.65 bits per heavy atom. The molecule has 0 aliphatic heterocycles. The van der Waals surface area contributed by atoms with E-state index < -0.39 is 11.6 Å². The van der Waals surface area contributed by atoms with Gasteiger partial charge in [-0.1, -0.05) is 109 Å². The van der Waals surface area contributed by atoms with Crippen molar-refractivity contribution < 1.29 is 15.0 Å². The van der Waals surface area contributed by atoms with Crippen molar-refractivity contribution in [3.63, 3.8) is 0 Å². The van der Waals surface area contributed by atoms with Gasteiger partial charge >= 0.3 is 5.97 Å². The Morgan fingerprint density at radius 3 is 2.37 bits per heavy atom. The lowest BCUT2D eigenvalue weighted by Crippen LogP contribution is -2.18. The Bertz CT molecular complexity index is 1950. The summed E-state index contributed by atoms with van der Waals surface area (Å²) in [6.07, 6.45) is 10.2. The molecule has 5 aromatic rings. The molecule has 4 aromatic carbocycles. The second-order valence-electron chi connectivity index (χ2n) is 14.7. The zero-order valence-electron chi connectivity index (χ0n) is 30.5. The van der Waals surface area contributed by atoms with Crippen LogP contribution in [0.2, 0.25) is 5.02 Å². The monoisotopic (exact) mass is 734 g/mol. The quantitative estimate of drug-likeness (QED) is 0.0991. The SMILES string of the molecule is CC(C)(O)c1ccccc1CCC(SCC1(CC(=O)O)CC1)c1cccc(/C=C/c2ccc3ccc(Cl)cc3n2)c1.CC(N)CCc1ccccc1. The number of rotatable bonds is 15. The third-order valence-electron chi connectivity index (χ3n) is 9.56. The molecule has 0 bridgehead atoms. The molecule has 4 N–H and O–H groups in total. The molecule has 2 atom stereocenters. The lowest BCUT2D eigenvalue weighted by Gasteiger charge is -2.24. The van der Waals surface area contributed by atoms with E-state index in [-0.39, 0.29) is 17.1 Å². The minimum atomic E-state index is -0.911. The predicted octanol–water partition coefficient (Wildman–Crippen LogP) is 10.9. The first-order valence-electron chi connectivity index (χ1n) is 18.2. The Labute approximate surface area is 318 Å². The van der Waals surface area contributed by atoms with Crippen LogP contribution in [0.25, 0.3) is 23.1 Å². The number of carboxylic acids is 1. The molecule has 5 nitrogen and oxygen atoms in total. The molecule has 52 heavy (non-hydrogen) atoms. The maximum absolute atomic E-state index is 11.5. The summed E-state index contributed by atoms with van der Waals surface area (Å²) in [5.41, 5.74) is 12.2. The van der Waals surface area contributed by atoms with Crippen molar-refractivity contribution in [3.05, 3.63) is 148 Å². The molecule has 1 aromatic heterocycles. The summed E-state index contributed by atoms with van der Waals surface area (Å²) in [7, 11) is 0. The van der Waals surface area contributed by atoms with E-state index in [1.807, 2.05) is 87.1 Å². The number of hydrogen-bond donors (Lipinski definition) is 3. The number of carbonyl (C=O) groups is 1. The molecular formula is C45H51ClN2O3S. The predicted molar refractivity (Wildman–Crippen MR) is 220 cm³/mol. The van der Waals surface area contributed by atoms with Gasteiger partial charge in [-0.3, -0.25) is 4.79 Å². The first-order chi connectivity index (χ1) is 24.9. The number of fused-ring (bicyclic) bond motifs is 1. The van der Waals surface area contributed by atoms with Crippen molar-refractivity contribution in [2.75, 3.05) is 5.75 Å². The summed E-state index contributed by atoms with van der Waals surface area (Å²) in [4.78, 5) is 16.2. The van der Waals surface area contributed by atoms with Crippen LogP contribution in [0.5, 0.6) is 0 Å². The summed E-state index contributed by atoms with van der Waals surface area (Å²) >= 11 is 8.04. The number of carboxylic acid groups (broad SMARTS) is 1. The normalized spacial score (nSPS) is 14.8. The Balaban J connectivity index is 0.000000407. The maximum atomic E-state index is 11.5. The number of pyridine rings is 1. The molecular weight excluding hydrogens is 684 g/mol. The highest BCUT2D eigenvalue weighted by Crippen LogP contribution is 2.53. The van der Waals surface area contributed by atoms with Crippen molar-refractivity contribution in [3.8, 4) is 0 Å². The Hall–Kier alpha value is -3.94. The van der Waals surface area contributed by atoms with E-state index in [9.17, 15) is 15.0 Å². The second kappa shape index (κ2) is 18.2. The molecule has 1 heterocycles. The zero-order chi connectivity index (χ0) is 37.1. The van der Waals surface area contributed by atoms with E-state index in [1.165, 1.54) is 11.1 Å². The van der Waals surface area contributed by atoms with Crippen LogP contribution in [0.3, 0.4) is 0 Å². The Morgan fingerprint density at radius 1 is 0.923 bits per heavy atom. The van der Waals surface area contributed by atoms with Gasteiger partial charge in [-0.05, 0) is 117 Å². The summed E-state index contributed by atoms with van der Waals surface area (Å²) in [6, 6.07) is 37.2. The van der Waals surface area contributed by atoms with Gasteiger partial charge in [0.25, 0.3) is 0 Å². The smallest absolute Gasteiger partial charge is 0.303 e. The average molecular weight is 735 g/mol. The standard InChI is InChI=1S/C35H36ClNO3S.C10H15N/c1-34(2,40)30-9-4-3-7-25(30)13-17-32(41-23-35(18-19-35)22-33(38)39)27-8-5-6-24(20-27)10-15-29-16-12-26-11-14-28(36)21-31(26)37-29;1-9(11)7-8-10-5-3-2-4-6-10/h3-12,14-16,20-21,32,40H,13,17-19,22-23H2,1-2H3,(H,38,39);2-6,9H,7-8,11H2,1H3/b15-10+;. The van der Waals surface area contributed by atoms with Crippen molar-refractivity contribution in [1.82, 2.24) is 4.98 Å². The molecule has 0 amide bonds. The summed E-state index contributed by atoms with van der Waals surface area (Å²) in [5.74, 6) is 0.122. The van der Waals surface area contributed by atoms with Crippen LogP contribution in [-0.4, -0.2) is 33.0 Å². The van der Waals surface area contributed by atoms with Crippen LogP contribution < -0.4 is 5.73 Å². The minimum Gasteiger partial charge on any atom is -0.481 e. The minimum absolute atomic E-state index is 0.0814. The maximum Gasteiger partial charge on any atom is 0.303 e. The molecule has 1 saturated carbocycles. The fourth-order valence-electron chi connectivity index (χ4n) is 6.40. The van der Waals surface area contributed by atoms with Crippen molar-refractivity contribution in [2.24, 2.45) is 11.1 Å². The van der Waals surface area contributed by atoms with E-state index in [0.717, 1.165) is 77.6 Å². The molecule has 1 aliphatic carbocycles. The van der Waals surface area contributed by atoms with Crippen LogP contribution in [0.15, 0.2) is 109 Å². The molecule has 7 heteroatoms. The molecule has 272 valence electrons. The largest absolute Gasteiger partial charge is 0.481 e. The number of benzene rings is 4. The van der Waals surface area contributed by atoms with Gasteiger partial charge in [0, 0.05) is 27.5 Å². The molecule has 1 aliphatic rings. The van der Waals surface area contributed by atoms with Crippen molar-refractivity contribution in [1.29, 1.82) is 0 Å². The fraction of sp³-hybridized carbons (Fsp3) is 0.333. The third kappa shape index (κ3) is 12.1. The van der Waals surface area contributed by atoms with Gasteiger partial charge in [-0.2, -0.15) is 11.8 Å². The van der Waals surface area contributed by atoms with Crippen LogP contribution >= 0.6 is 23.4 Å². The molecule has 2 unspecified atom stereocenters. The van der Waals surface area contributed by atoms with Gasteiger partial charge in [-0.15, -0.1) is 0 Å². The number of thioether (sulfide) groups is 1. The van der Waals surface area contributed by atoms with Gasteiger partial charge in [0.2, 0.25) is 0 Å². The van der Waals surface area contributed by atoms with E-state index in [2.05, 4.69) is 66.7 Å². The highest BCUT2D eigenvalue weighted by Gasteiger charge is 2.44. The number of halogens is 1. The number of aliphatic carboxylic acids is 1. The topological polar surface area (TPSA) is 96.4 Å². The number of aromatic nitrogens is 1. The number of aliphatic hydroxyl groups is 1. The van der Waals surface area contributed by atoms with E-state index >= 15 is 0 Å². The van der Waals surface area contributed by atoms with E-state index in [1.54, 1.807) is 0 Å². The summed E-state index contributed by atoms with van der Waals surface area (Å²) in [5, 5.41) is 22.1. The number of hydrogen-bond acceptors (Lipinski definition) is 5. The highest BCUT2D eigenvalue weighted by atomic mass is 35.5. The lowest BCUT2D eigenvalue weighted by atomic mass is 9.90. The van der Waals surface area contributed by atoms with E-state index in [4.69, 9.17) is 22.3 Å². The number of nitrogens with zero attached hydrogens (tertiary/aromatic N) is 1. The molecule has 1 fully saturated rings. The highest BCUT2D eigenvalue weighted by molar-refractivity contribution is 7.99. The first-order valence-corrected chi connectivity index (χ1v) is 19.6. The van der Waals surface area contributed by atoms with Crippen LogP contribution in [0.1, 0.15) is 91.6 Å². The van der Waals surface area contributed by atoms with Crippen LogP contribution in [0.4, 0.5) is 0 Å². The lowest BCUT2D eigenvalue weighted by molar-refractivity contribution is -0.138. The average Bonchev–Trinajstić information content (AvgIpc) is 3.88. The number of aryl methyl sites for hydroxylation is 2. The number of nitrogens with two attached hydrogens (primary N) is 1.